The molecule has 0 aliphatic rings. The first kappa shape index (κ1) is 16.5. The van der Waals surface area contributed by atoms with E-state index in [0.29, 0.717) is 12.6 Å². The number of nitrogens with one attached hydrogen (secondary N) is 1. The van der Waals surface area contributed by atoms with Crippen LogP contribution in [0, 0.1) is 0 Å². The van der Waals surface area contributed by atoms with Gasteiger partial charge in [0.2, 0.25) is 0 Å². The van der Waals surface area contributed by atoms with Crippen molar-refractivity contribution in [3.63, 3.8) is 0 Å². The Balaban J connectivity index is 2.44. The largest absolute Gasteiger partial charge is 0.491 e. The third-order valence-corrected chi connectivity index (χ3v) is 4.14. The van der Waals surface area contributed by atoms with Crippen LogP contribution in [-0.2, 0) is 0 Å². The lowest BCUT2D eigenvalue weighted by atomic mass is 10.2. The van der Waals surface area contributed by atoms with Gasteiger partial charge in [0.05, 0.1) is 15.6 Å². The summed E-state index contributed by atoms with van der Waals surface area (Å²) in [4.78, 5) is 0. The van der Waals surface area contributed by atoms with Crippen LogP contribution in [0.2, 0.25) is 0 Å². The van der Waals surface area contributed by atoms with Gasteiger partial charge in [-0.25, -0.2) is 0 Å². The summed E-state index contributed by atoms with van der Waals surface area (Å²) in [6.45, 7) is 6.13. The highest BCUT2D eigenvalue weighted by Crippen LogP contribution is 2.36. The number of hydrogen-bond acceptors (Lipinski definition) is 2. The van der Waals surface area contributed by atoms with Crippen molar-refractivity contribution in [2.24, 2.45) is 0 Å². The summed E-state index contributed by atoms with van der Waals surface area (Å²) in [6.07, 6.45) is 2.16. The molecule has 1 rings (SSSR count). The van der Waals surface area contributed by atoms with Crippen molar-refractivity contribution in [3.8, 4) is 5.75 Å². The van der Waals surface area contributed by atoms with Crippen molar-refractivity contribution in [2.75, 3.05) is 13.2 Å². The van der Waals surface area contributed by atoms with E-state index in [1.165, 1.54) is 0 Å². The molecule has 1 unspecified atom stereocenters. The first-order chi connectivity index (χ1) is 8.54. The van der Waals surface area contributed by atoms with Crippen LogP contribution in [0.5, 0.6) is 5.75 Å². The fourth-order valence-corrected chi connectivity index (χ4v) is 3.99. The maximum absolute atomic E-state index is 5.82. The summed E-state index contributed by atoms with van der Waals surface area (Å²) in [7, 11) is 0. The molecule has 0 spiro atoms. The van der Waals surface area contributed by atoms with Crippen molar-refractivity contribution in [1.82, 2.24) is 5.32 Å². The molecule has 0 bridgehead atoms. The highest BCUT2D eigenvalue weighted by molar-refractivity contribution is 9.11. The van der Waals surface area contributed by atoms with Crippen LogP contribution in [0.1, 0.15) is 26.7 Å². The van der Waals surface area contributed by atoms with Crippen LogP contribution >= 0.6 is 47.8 Å². The maximum atomic E-state index is 5.82. The molecule has 2 nitrogen and oxygen atoms in total. The van der Waals surface area contributed by atoms with Crippen LogP contribution in [0.4, 0.5) is 0 Å². The monoisotopic (exact) mass is 441 g/mol. The van der Waals surface area contributed by atoms with Gasteiger partial charge in [0.15, 0.2) is 0 Å². The molecule has 0 aliphatic heterocycles. The lowest BCUT2D eigenvalue weighted by molar-refractivity contribution is 0.287. The molecule has 102 valence electrons. The molecule has 1 atom stereocenters. The molecular weight excluding hydrogens is 426 g/mol. The minimum Gasteiger partial charge on any atom is -0.491 e. The van der Waals surface area contributed by atoms with E-state index in [1.54, 1.807) is 0 Å². The van der Waals surface area contributed by atoms with Crippen molar-refractivity contribution in [3.05, 3.63) is 25.6 Å². The normalized spacial score (nSPS) is 12.5. The minimum absolute atomic E-state index is 0.484. The molecule has 1 N–H and O–H groups in total. The molecule has 0 fully saturated rings. The molecule has 18 heavy (non-hydrogen) atoms. The average molecular weight is 444 g/mol. The van der Waals surface area contributed by atoms with Gasteiger partial charge in [-0.2, -0.15) is 0 Å². The van der Waals surface area contributed by atoms with E-state index in [0.717, 1.165) is 38.6 Å². The second kappa shape index (κ2) is 8.56. The Bertz CT molecular complexity index is 361. The zero-order chi connectivity index (χ0) is 13.5. The highest BCUT2D eigenvalue weighted by Gasteiger charge is 2.09. The first-order valence-electron chi connectivity index (χ1n) is 6.05. The molecule has 0 radical (unpaired) electrons. The Morgan fingerprint density at radius 3 is 2.39 bits per heavy atom. The number of ether oxygens (including phenoxy) is 1. The fourth-order valence-electron chi connectivity index (χ4n) is 1.50. The number of hydrogen-bond donors (Lipinski definition) is 1. The van der Waals surface area contributed by atoms with E-state index in [2.05, 4.69) is 67.0 Å². The Labute approximate surface area is 134 Å². The van der Waals surface area contributed by atoms with Gasteiger partial charge in [0.1, 0.15) is 5.75 Å². The molecule has 0 aromatic heterocycles. The van der Waals surface area contributed by atoms with E-state index in [-0.39, 0.29) is 0 Å². The Hall–Kier alpha value is 0.420. The van der Waals surface area contributed by atoms with Crippen molar-refractivity contribution in [1.29, 1.82) is 0 Å². The highest BCUT2D eigenvalue weighted by atomic mass is 79.9. The van der Waals surface area contributed by atoms with Gasteiger partial charge in [-0.1, -0.05) is 22.9 Å². The molecule has 1 aromatic carbocycles. The zero-order valence-electron chi connectivity index (χ0n) is 10.6. The van der Waals surface area contributed by atoms with E-state index in [9.17, 15) is 0 Å². The minimum atomic E-state index is 0.484. The number of rotatable bonds is 7. The number of benzene rings is 1. The predicted molar refractivity (Wildman–Crippen MR) is 87.4 cm³/mol. The Morgan fingerprint density at radius 1 is 1.22 bits per heavy atom. The van der Waals surface area contributed by atoms with Crippen molar-refractivity contribution >= 4 is 47.8 Å². The predicted octanol–water partition coefficient (Wildman–Crippen LogP) is 5.13. The lowest BCUT2D eigenvalue weighted by Gasteiger charge is -2.15. The number of halogens is 3. The standard InChI is InChI=1S/C13H18Br3NO/c1-3-5-17-9(2)4-6-18-13-11(15)7-10(14)8-12(13)16/h7-9,17H,3-6H2,1-2H3. The molecule has 0 amide bonds. The molecular formula is C13H18Br3NO. The quantitative estimate of drug-likeness (QED) is 0.630. The topological polar surface area (TPSA) is 21.3 Å². The Kier molecular flexibility index (Phi) is 7.84. The van der Waals surface area contributed by atoms with Gasteiger partial charge >= 0.3 is 0 Å². The van der Waals surface area contributed by atoms with Gasteiger partial charge in [0, 0.05) is 10.5 Å². The molecule has 1 aromatic rings. The van der Waals surface area contributed by atoms with Gasteiger partial charge in [-0.15, -0.1) is 0 Å². The third-order valence-electron chi connectivity index (χ3n) is 2.50. The van der Waals surface area contributed by atoms with E-state index in [1.807, 2.05) is 12.1 Å². The van der Waals surface area contributed by atoms with E-state index >= 15 is 0 Å². The Morgan fingerprint density at radius 2 is 1.83 bits per heavy atom. The summed E-state index contributed by atoms with van der Waals surface area (Å²) in [6, 6.07) is 4.45. The third kappa shape index (κ3) is 5.59. The van der Waals surface area contributed by atoms with Crippen LogP contribution in [-0.4, -0.2) is 19.2 Å². The second-order valence-electron chi connectivity index (χ2n) is 4.19. The van der Waals surface area contributed by atoms with Crippen LogP contribution in [0.3, 0.4) is 0 Å². The molecule has 0 saturated heterocycles. The van der Waals surface area contributed by atoms with Gasteiger partial charge in [-0.3, -0.25) is 0 Å². The van der Waals surface area contributed by atoms with Crippen LogP contribution in [0.25, 0.3) is 0 Å². The first-order valence-corrected chi connectivity index (χ1v) is 8.43. The summed E-state index contributed by atoms with van der Waals surface area (Å²) in [5.74, 6) is 0.862. The summed E-state index contributed by atoms with van der Waals surface area (Å²) in [5.41, 5.74) is 0. The SMILES string of the molecule is CCCNC(C)CCOc1c(Br)cc(Br)cc1Br. The smallest absolute Gasteiger partial charge is 0.147 e. The van der Waals surface area contributed by atoms with Gasteiger partial charge < -0.3 is 10.1 Å². The summed E-state index contributed by atoms with van der Waals surface area (Å²) < 4.78 is 8.75. The summed E-state index contributed by atoms with van der Waals surface area (Å²) in [5, 5.41) is 3.45. The lowest BCUT2D eigenvalue weighted by Crippen LogP contribution is -2.28. The maximum Gasteiger partial charge on any atom is 0.147 e. The van der Waals surface area contributed by atoms with Crippen LogP contribution < -0.4 is 10.1 Å². The van der Waals surface area contributed by atoms with Gasteiger partial charge in [0.25, 0.3) is 0 Å². The molecule has 0 aliphatic carbocycles. The van der Waals surface area contributed by atoms with Crippen molar-refractivity contribution in [2.45, 2.75) is 32.7 Å². The van der Waals surface area contributed by atoms with E-state index < -0.39 is 0 Å². The van der Waals surface area contributed by atoms with E-state index in [4.69, 9.17) is 4.74 Å². The zero-order valence-corrected chi connectivity index (χ0v) is 15.4. The average Bonchev–Trinajstić information content (AvgIpc) is 2.29. The second-order valence-corrected chi connectivity index (χ2v) is 6.82. The fraction of sp³-hybridized carbons (Fsp3) is 0.538. The van der Waals surface area contributed by atoms with Gasteiger partial charge in [-0.05, 0) is 70.3 Å². The molecule has 5 heteroatoms. The van der Waals surface area contributed by atoms with Crippen molar-refractivity contribution < 1.29 is 4.74 Å². The summed E-state index contributed by atoms with van der Waals surface area (Å²) >= 11 is 10.5. The molecule has 0 saturated carbocycles. The van der Waals surface area contributed by atoms with Crippen LogP contribution in [0.15, 0.2) is 25.6 Å². The molecule has 0 heterocycles.